The Labute approximate surface area is 127 Å². The molecule has 2 unspecified atom stereocenters. The maximum atomic E-state index is 6.82. The van der Waals surface area contributed by atoms with Crippen molar-refractivity contribution >= 4 is 0 Å². The average Bonchev–Trinajstić information content (AvgIpc) is 2.48. The molecule has 1 spiro atoms. The molecule has 2 heterocycles. The molecule has 21 heavy (non-hydrogen) atoms. The van der Waals surface area contributed by atoms with Gasteiger partial charge in [0.2, 0.25) is 0 Å². The van der Waals surface area contributed by atoms with E-state index in [0.29, 0.717) is 5.92 Å². The zero-order chi connectivity index (χ0) is 14.9. The molecule has 3 heteroatoms. The molecule has 0 radical (unpaired) electrons. The second-order valence-corrected chi connectivity index (χ2v) is 6.93. The molecule has 0 saturated carbocycles. The summed E-state index contributed by atoms with van der Waals surface area (Å²) in [5, 5.41) is 0. The highest BCUT2D eigenvalue weighted by atomic mass is 16.5. The minimum absolute atomic E-state index is 0.00445. The lowest BCUT2D eigenvalue weighted by Gasteiger charge is -2.48. The molecule has 0 bridgehead atoms. The highest BCUT2D eigenvalue weighted by Gasteiger charge is 2.44. The fraction of sp³-hybridized carbons (Fsp3) is 0.667. The zero-order valence-electron chi connectivity index (χ0n) is 13.2. The molecule has 2 saturated heterocycles. The summed E-state index contributed by atoms with van der Waals surface area (Å²) in [7, 11) is 0. The lowest BCUT2D eigenvalue weighted by molar-refractivity contribution is -0.154. The van der Waals surface area contributed by atoms with E-state index < -0.39 is 0 Å². The first-order valence-corrected chi connectivity index (χ1v) is 8.10. The van der Waals surface area contributed by atoms with Crippen molar-refractivity contribution in [2.45, 2.75) is 50.7 Å². The zero-order valence-corrected chi connectivity index (χ0v) is 13.2. The van der Waals surface area contributed by atoms with Crippen LogP contribution in [0.15, 0.2) is 24.3 Å². The van der Waals surface area contributed by atoms with Gasteiger partial charge in [-0.1, -0.05) is 24.3 Å². The molecule has 2 atom stereocenters. The number of ether oxygens (including phenoxy) is 2. The molecule has 2 fully saturated rings. The van der Waals surface area contributed by atoms with Gasteiger partial charge < -0.3 is 15.2 Å². The van der Waals surface area contributed by atoms with E-state index in [-0.39, 0.29) is 11.1 Å². The van der Waals surface area contributed by atoms with Gasteiger partial charge in [-0.3, -0.25) is 0 Å². The number of benzene rings is 1. The van der Waals surface area contributed by atoms with Crippen molar-refractivity contribution in [2.75, 3.05) is 19.8 Å². The number of nitrogens with two attached hydrogens (primary N) is 1. The number of hydrogen-bond acceptors (Lipinski definition) is 3. The molecular weight excluding hydrogens is 262 g/mol. The Morgan fingerprint density at radius 2 is 1.90 bits per heavy atom. The van der Waals surface area contributed by atoms with Crippen molar-refractivity contribution in [1.29, 1.82) is 0 Å². The van der Waals surface area contributed by atoms with Gasteiger partial charge >= 0.3 is 0 Å². The van der Waals surface area contributed by atoms with E-state index in [0.717, 1.165) is 45.5 Å². The van der Waals surface area contributed by atoms with Crippen LogP contribution in [-0.4, -0.2) is 25.4 Å². The molecule has 0 aliphatic carbocycles. The van der Waals surface area contributed by atoms with Crippen LogP contribution in [0.25, 0.3) is 0 Å². The van der Waals surface area contributed by atoms with Crippen molar-refractivity contribution in [2.24, 2.45) is 11.7 Å². The molecule has 3 nitrogen and oxygen atoms in total. The Bertz CT molecular complexity index is 486. The average molecular weight is 289 g/mol. The van der Waals surface area contributed by atoms with Crippen LogP contribution in [0, 0.1) is 12.8 Å². The first-order chi connectivity index (χ1) is 10.0. The van der Waals surface area contributed by atoms with E-state index in [4.69, 9.17) is 15.2 Å². The molecule has 1 aromatic carbocycles. The van der Waals surface area contributed by atoms with Gasteiger partial charge in [0.1, 0.15) is 0 Å². The first-order valence-electron chi connectivity index (χ1n) is 8.10. The quantitative estimate of drug-likeness (QED) is 0.909. The molecule has 3 rings (SSSR count). The number of hydrogen-bond donors (Lipinski definition) is 1. The summed E-state index contributed by atoms with van der Waals surface area (Å²) >= 11 is 0. The van der Waals surface area contributed by atoms with Crippen LogP contribution >= 0.6 is 0 Å². The van der Waals surface area contributed by atoms with Crippen molar-refractivity contribution in [3.8, 4) is 0 Å². The van der Waals surface area contributed by atoms with Gasteiger partial charge in [-0.15, -0.1) is 0 Å². The highest BCUT2D eigenvalue weighted by Crippen LogP contribution is 2.43. The first kappa shape index (κ1) is 15.0. The lowest BCUT2D eigenvalue weighted by Crippen LogP contribution is -2.52. The summed E-state index contributed by atoms with van der Waals surface area (Å²) in [4.78, 5) is 0. The SMILES string of the molecule is Cc1ccccc1C(C)(N)C1CCOC2(CCOCC2)C1. The topological polar surface area (TPSA) is 44.5 Å². The second-order valence-electron chi connectivity index (χ2n) is 6.93. The van der Waals surface area contributed by atoms with E-state index in [2.05, 4.69) is 38.1 Å². The molecule has 0 amide bonds. The summed E-state index contributed by atoms with van der Waals surface area (Å²) < 4.78 is 11.7. The van der Waals surface area contributed by atoms with Crippen molar-refractivity contribution < 1.29 is 9.47 Å². The van der Waals surface area contributed by atoms with Crippen molar-refractivity contribution in [3.05, 3.63) is 35.4 Å². The maximum absolute atomic E-state index is 6.82. The van der Waals surface area contributed by atoms with E-state index in [1.807, 2.05) is 0 Å². The third-order valence-electron chi connectivity index (χ3n) is 5.47. The fourth-order valence-electron chi connectivity index (χ4n) is 4.03. The minimum Gasteiger partial charge on any atom is -0.381 e. The molecular formula is C18H27NO2. The lowest BCUT2D eigenvalue weighted by atomic mass is 9.69. The predicted octanol–water partition coefficient (Wildman–Crippen LogP) is 3.14. The second kappa shape index (κ2) is 5.71. The Morgan fingerprint density at radius 3 is 2.62 bits per heavy atom. The van der Waals surface area contributed by atoms with Crippen LogP contribution in [0.3, 0.4) is 0 Å². The standard InChI is InChI=1S/C18H27NO2/c1-14-5-3-4-6-16(14)17(2,19)15-7-10-21-18(13-15)8-11-20-12-9-18/h3-6,15H,7-13,19H2,1-2H3. The summed E-state index contributed by atoms with van der Waals surface area (Å²) in [5.41, 5.74) is 9.09. The van der Waals surface area contributed by atoms with Crippen LogP contribution < -0.4 is 5.73 Å². The third-order valence-corrected chi connectivity index (χ3v) is 5.47. The van der Waals surface area contributed by atoms with Gasteiger partial charge in [-0.25, -0.2) is 0 Å². The largest absolute Gasteiger partial charge is 0.381 e. The number of rotatable bonds is 2. The van der Waals surface area contributed by atoms with Gasteiger partial charge in [0.25, 0.3) is 0 Å². The van der Waals surface area contributed by atoms with Crippen LogP contribution in [0.5, 0.6) is 0 Å². The van der Waals surface area contributed by atoms with Crippen LogP contribution in [0.1, 0.15) is 43.7 Å². The van der Waals surface area contributed by atoms with Gasteiger partial charge in [0.05, 0.1) is 5.60 Å². The maximum Gasteiger partial charge on any atom is 0.0729 e. The van der Waals surface area contributed by atoms with Crippen LogP contribution in [0.4, 0.5) is 0 Å². The van der Waals surface area contributed by atoms with E-state index in [9.17, 15) is 0 Å². The molecule has 0 aromatic heterocycles. The predicted molar refractivity (Wildman–Crippen MR) is 84.2 cm³/mol. The van der Waals surface area contributed by atoms with Gasteiger partial charge in [-0.2, -0.15) is 0 Å². The van der Waals surface area contributed by atoms with Crippen LogP contribution in [-0.2, 0) is 15.0 Å². The smallest absolute Gasteiger partial charge is 0.0729 e. The third kappa shape index (κ3) is 2.87. The van der Waals surface area contributed by atoms with Gasteiger partial charge in [-0.05, 0) is 56.6 Å². The molecule has 2 aliphatic rings. The Hall–Kier alpha value is -0.900. The number of aryl methyl sites for hydroxylation is 1. The highest BCUT2D eigenvalue weighted by molar-refractivity contribution is 5.32. The molecule has 2 aliphatic heterocycles. The summed E-state index contributed by atoms with van der Waals surface area (Å²) in [6, 6.07) is 8.52. The Balaban J connectivity index is 1.83. The fourth-order valence-corrected chi connectivity index (χ4v) is 4.03. The minimum atomic E-state index is -0.291. The van der Waals surface area contributed by atoms with Crippen molar-refractivity contribution in [1.82, 2.24) is 0 Å². The molecule has 2 N–H and O–H groups in total. The van der Waals surface area contributed by atoms with E-state index in [1.165, 1.54) is 11.1 Å². The Morgan fingerprint density at radius 1 is 1.19 bits per heavy atom. The monoisotopic (exact) mass is 289 g/mol. The molecule has 1 aromatic rings. The van der Waals surface area contributed by atoms with Gasteiger partial charge in [0, 0.05) is 25.4 Å². The summed E-state index contributed by atoms with van der Waals surface area (Å²) in [5.74, 6) is 0.463. The summed E-state index contributed by atoms with van der Waals surface area (Å²) in [6.45, 7) is 6.81. The Kier molecular flexibility index (Phi) is 4.08. The normalized spacial score (nSPS) is 28.2. The summed E-state index contributed by atoms with van der Waals surface area (Å²) in [6.07, 6.45) is 4.11. The van der Waals surface area contributed by atoms with Crippen LogP contribution in [0.2, 0.25) is 0 Å². The van der Waals surface area contributed by atoms with E-state index >= 15 is 0 Å². The molecule has 116 valence electrons. The van der Waals surface area contributed by atoms with Crippen molar-refractivity contribution in [3.63, 3.8) is 0 Å². The van der Waals surface area contributed by atoms with E-state index in [1.54, 1.807) is 0 Å². The van der Waals surface area contributed by atoms with Gasteiger partial charge in [0.15, 0.2) is 0 Å².